The number of carboxylic acid groups (broad SMARTS) is 1. The number of halogens is 1. The molecule has 1 unspecified atom stereocenters. The number of rotatable bonds is 4. The maximum absolute atomic E-state index is 12.0. The zero-order chi connectivity index (χ0) is 17.7. The highest BCUT2D eigenvalue weighted by Gasteiger charge is 2.29. The van der Waals surface area contributed by atoms with E-state index in [1.165, 1.54) is 0 Å². The van der Waals surface area contributed by atoms with Gasteiger partial charge in [-0.05, 0) is 56.5 Å². The molecule has 1 saturated heterocycles. The molecule has 0 aromatic heterocycles. The Bertz CT molecular complexity index is 651. The molecule has 0 saturated carbocycles. The minimum atomic E-state index is -0.929. The maximum Gasteiger partial charge on any atom is 0.325 e. The van der Waals surface area contributed by atoms with Crippen LogP contribution in [0.15, 0.2) is 18.2 Å². The number of anilines is 1. The van der Waals surface area contributed by atoms with Gasteiger partial charge >= 0.3 is 12.0 Å². The average Bonchev–Trinajstić information content (AvgIpc) is 2.51. The Kier molecular flexibility index (Phi) is 7.86. The van der Waals surface area contributed by atoms with Gasteiger partial charge in [0.2, 0.25) is 5.91 Å². The van der Waals surface area contributed by atoms with Gasteiger partial charge < -0.3 is 10.4 Å². The van der Waals surface area contributed by atoms with E-state index in [-0.39, 0.29) is 19.0 Å². The lowest BCUT2D eigenvalue weighted by molar-refractivity contribution is -0.145. The Morgan fingerprint density at radius 1 is 1.20 bits per heavy atom. The zero-order valence-corrected chi connectivity index (χ0v) is 15.2. The summed E-state index contributed by atoms with van der Waals surface area (Å²) in [6.07, 6.45) is 2.21. The normalized spacial score (nSPS) is 17.3. The van der Waals surface area contributed by atoms with Gasteiger partial charge in [-0.3, -0.25) is 19.8 Å². The quantitative estimate of drug-likeness (QED) is 0.756. The number of carbonyl (C=O) groups excluding carboxylic acids is 2. The van der Waals surface area contributed by atoms with Gasteiger partial charge in [-0.15, -0.1) is 12.4 Å². The van der Waals surface area contributed by atoms with Gasteiger partial charge in [0.1, 0.15) is 6.04 Å². The molecule has 2 rings (SSSR count). The molecule has 0 radical (unpaired) electrons. The fourth-order valence-electron chi connectivity index (χ4n) is 2.79. The topological polar surface area (TPSA) is 98.7 Å². The van der Waals surface area contributed by atoms with Crippen LogP contribution in [0, 0.1) is 13.8 Å². The number of piperidine rings is 1. The first-order valence-corrected chi connectivity index (χ1v) is 8.02. The van der Waals surface area contributed by atoms with E-state index in [1.54, 1.807) is 11.0 Å². The highest BCUT2D eigenvalue weighted by Crippen LogP contribution is 2.17. The van der Waals surface area contributed by atoms with Crippen molar-refractivity contribution in [2.75, 3.05) is 18.4 Å². The van der Waals surface area contributed by atoms with Crippen molar-refractivity contribution in [2.45, 2.75) is 39.2 Å². The number of hydrogen-bond donors (Lipinski definition) is 3. The third-order valence-electron chi connectivity index (χ3n) is 4.26. The van der Waals surface area contributed by atoms with Crippen LogP contribution in [0.5, 0.6) is 0 Å². The average molecular weight is 370 g/mol. The van der Waals surface area contributed by atoms with Crippen molar-refractivity contribution in [3.63, 3.8) is 0 Å². The van der Waals surface area contributed by atoms with E-state index >= 15 is 0 Å². The second kappa shape index (κ2) is 9.39. The van der Waals surface area contributed by atoms with Crippen molar-refractivity contribution in [3.05, 3.63) is 29.3 Å². The summed E-state index contributed by atoms with van der Waals surface area (Å²) in [6, 6.07) is 4.19. The van der Waals surface area contributed by atoms with Gasteiger partial charge in [-0.25, -0.2) is 4.79 Å². The summed E-state index contributed by atoms with van der Waals surface area (Å²) < 4.78 is 0. The highest BCUT2D eigenvalue weighted by molar-refractivity contribution is 6.01. The van der Waals surface area contributed by atoms with Crippen LogP contribution < -0.4 is 10.6 Å². The predicted molar refractivity (Wildman–Crippen MR) is 97.2 cm³/mol. The smallest absolute Gasteiger partial charge is 0.325 e. The lowest BCUT2D eigenvalue weighted by Crippen LogP contribution is -2.50. The molecule has 3 N–H and O–H groups in total. The second-order valence-electron chi connectivity index (χ2n) is 6.12. The number of likely N-dealkylation sites (tertiary alicyclic amines) is 1. The van der Waals surface area contributed by atoms with E-state index in [4.69, 9.17) is 0 Å². The lowest BCUT2D eigenvalue weighted by atomic mass is 10.0. The van der Waals surface area contributed by atoms with Crippen molar-refractivity contribution in [3.8, 4) is 0 Å². The van der Waals surface area contributed by atoms with Crippen LogP contribution in [0.3, 0.4) is 0 Å². The number of aliphatic carboxylic acids is 1. The molecule has 138 valence electrons. The highest BCUT2D eigenvalue weighted by atomic mass is 35.5. The summed E-state index contributed by atoms with van der Waals surface area (Å²) in [7, 11) is 0. The number of benzene rings is 1. The molecule has 1 heterocycles. The number of carboxylic acids is 1. The summed E-state index contributed by atoms with van der Waals surface area (Å²) in [5.74, 6) is -1.44. The first-order valence-electron chi connectivity index (χ1n) is 8.02. The second-order valence-corrected chi connectivity index (χ2v) is 6.12. The SMILES string of the molecule is Cc1ccc(NC(=O)NC(=O)CN2CCCCC2C(=O)O)cc1C.Cl. The molecule has 0 bridgehead atoms. The standard InChI is InChI=1S/C17H23N3O4.ClH/c1-11-6-7-13(9-12(11)2)18-17(24)19-15(21)10-20-8-4-3-5-14(20)16(22)23;/h6-7,9,14H,3-5,8,10H2,1-2H3,(H,22,23)(H2,18,19,21,24);1H. The number of amides is 3. The molecule has 8 heteroatoms. The number of hydrogen-bond acceptors (Lipinski definition) is 4. The molecule has 0 aliphatic carbocycles. The molecule has 1 aliphatic rings. The van der Waals surface area contributed by atoms with E-state index < -0.39 is 23.9 Å². The van der Waals surface area contributed by atoms with Gasteiger partial charge in [-0.2, -0.15) is 0 Å². The fraction of sp³-hybridized carbons (Fsp3) is 0.471. The largest absolute Gasteiger partial charge is 0.480 e. The number of carbonyl (C=O) groups is 3. The zero-order valence-electron chi connectivity index (χ0n) is 14.4. The molecule has 1 atom stereocenters. The summed E-state index contributed by atoms with van der Waals surface area (Å²) in [5, 5.41) is 14.0. The molecular weight excluding hydrogens is 346 g/mol. The van der Waals surface area contributed by atoms with E-state index in [0.29, 0.717) is 18.7 Å². The summed E-state index contributed by atoms with van der Waals surface area (Å²) in [6.45, 7) is 4.35. The monoisotopic (exact) mass is 369 g/mol. The van der Waals surface area contributed by atoms with Crippen LogP contribution in [0.4, 0.5) is 10.5 Å². The van der Waals surface area contributed by atoms with Gasteiger partial charge in [-0.1, -0.05) is 12.5 Å². The van der Waals surface area contributed by atoms with E-state index in [9.17, 15) is 19.5 Å². The third-order valence-corrected chi connectivity index (χ3v) is 4.26. The van der Waals surface area contributed by atoms with Crippen molar-refractivity contribution < 1.29 is 19.5 Å². The van der Waals surface area contributed by atoms with Crippen molar-refractivity contribution in [1.29, 1.82) is 0 Å². The predicted octanol–water partition coefficient (Wildman–Crippen LogP) is 2.31. The van der Waals surface area contributed by atoms with E-state index in [0.717, 1.165) is 24.0 Å². The van der Waals surface area contributed by atoms with E-state index in [1.807, 2.05) is 26.0 Å². The number of nitrogens with zero attached hydrogens (tertiary/aromatic N) is 1. The molecular formula is C17H24ClN3O4. The van der Waals surface area contributed by atoms with Crippen LogP contribution in [0.1, 0.15) is 30.4 Å². The molecule has 0 spiro atoms. The van der Waals surface area contributed by atoms with Crippen LogP contribution >= 0.6 is 12.4 Å². The third kappa shape index (κ3) is 6.03. The van der Waals surface area contributed by atoms with Gasteiger partial charge in [0.25, 0.3) is 0 Å². The van der Waals surface area contributed by atoms with Crippen LogP contribution in [-0.2, 0) is 9.59 Å². The molecule has 3 amide bonds. The Balaban J connectivity index is 0.00000312. The molecule has 25 heavy (non-hydrogen) atoms. The van der Waals surface area contributed by atoms with E-state index in [2.05, 4.69) is 10.6 Å². The van der Waals surface area contributed by atoms with Crippen LogP contribution in [0.2, 0.25) is 0 Å². The van der Waals surface area contributed by atoms with Gasteiger partial charge in [0.05, 0.1) is 6.54 Å². The van der Waals surface area contributed by atoms with Crippen molar-refractivity contribution in [2.24, 2.45) is 0 Å². The maximum atomic E-state index is 12.0. The minimum Gasteiger partial charge on any atom is -0.480 e. The van der Waals surface area contributed by atoms with Crippen molar-refractivity contribution >= 4 is 36.0 Å². The van der Waals surface area contributed by atoms with Crippen LogP contribution in [-0.4, -0.2) is 47.0 Å². The number of urea groups is 1. The number of imide groups is 1. The Morgan fingerprint density at radius 2 is 1.92 bits per heavy atom. The lowest BCUT2D eigenvalue weighted by Gasteiger charge is -2.31. The van der Waals surface area contributed by atoms with Crippen LogP contribution in [0.25, 0.3) is 0 Å². The van der Waals surface area contributed by atoms with Gasteiger partial charge in [0.15, 0.2) is 0 Å². The Hall–Kier alpha value is -2.12. The number of nitrogens with one attached hydrogen (secondary N) is 2. The fourth-order valence-corrected chi connectivity index (χ4v) is 2.79. The first kappa shape index (κ1) is 20.9. The first-order chi connectivity index (χ1) is 11.4. The summed E-state index contributed by atoms with van der Waals surface area (Å²) in [5.41, 5.74) is 2.75. The molecule has 7 nitrogen and oxygen atoms in total. The molecule has 1 aromatic rings. The summed E-state index contributed by atoms with van der Waals surface area (Å²) >= 11 is 0. The molecule has 1 aromatic carbocycles. The van der Waals surface area contributed by atoms with Crippen molar-refractivity contribution in [1.82, 2.24) is 10.2 Å². The molecule has 1 aliphatic heterocycles. The Labute approximate surface area is 153 Å². The minimum absolute atomic E-state index is 0. The summed E-state index contributed by atoms with van der Waals surface area (Å²) in [4.78, 5) is 36.7. The Morgan fingerprint density at radius 3 is 2.56 bits per heavy atom. The van der Waals surface area contributed by atoms with Gasteiger partial charge in [0, 0.05) is 5.69 Å². The number of aryl methyl sites for hydroxylation is 2. The molecule has 1 fully saturated rings.